The fraction of sp³-hybridized carbons (Fsp3) is 0.258. The van der Waals surface area contributed by atoms with Crippen molar-refractivity contribution in [2.75, 3.05) is 25.7 Å². The fourth-order valence-corrected chi connectivity index (χ4v) is 5.89. The van der Waals surface area contributed by atoms with Crippen LogP contribution in [0.1, 0.15) is 37.4 Å². The highest BCUT2D eigenvalue weighted by Gasteiger charge is 2.48. The lowest BCUT2D eigenvalue weighted by molar-refractivity contribution is -0.132. The molecule has 0 saturated carbocycles. The maximum atomic E-state index is 13.6. The first kappa shape index (κ1) is 28.4. The van der Waals surface area contributed by atoms with E-state index in [2.05, 4.69) is 18.8 Å². The number of ketones is 1. The number of halogens is 1. The maximum Gasteiger partial charge on any atom is 0.301 e. The molecular formula is C31H29ClN2O6S. The molecule has 0 aliphatic carbocycles. The molecule has 8 nitrogen and oxygen atoms in total. The van der Waals surface area contributed by atoms with Gasteiger partial charge in [-0.15, -0.1) is 0 Å². The maximum absolute atomic E-state index is 13.6. The molecule has 1 aliphatic heterocycles. The molecule has 1 fully saturated rings. The lowest BCUT2D eigenvalue weighted by Gasteiger charge is -2.24. The summed E-state index contributed by atoms with van der Waals surface area (Å²) in [6.07, 6.45) is 0.870. The van der Waals surface area contributed by atoms with Crippen molar-refractivity contribution in [3.8, 4) is 17.2 Å². The monoisotopic (exact) mass is 592 g/mol. The van der Waals surface area contributed by atoms with Crippen molar-refractivity contribution in [3.05, 3.63) is 82.4 Å². The largest absolute Gasteiger partial charge is 0.507 e. The molecule has 41 heavy (non-hydrogen) atoms. The third kappa shape index (κ3) is 5.60. The number of rotatable bonds is 9. The van der Waals surface area contributed by atoms with E-state index in [-0.39, 0.29) is 11.3 Å². The summed E-state index contributed by atoms with van der Waals surface area (Å²) < 4.78 is 17.6. The summed E-state index contributed by atoms with van der Waals surface area (Å²) in [5.41, 5.74) is 1.49. The smallest absolute Gasteiger partial charge is 0.301 e. The lowest BCUT2D eigenvalue weighted by atomic mass is 9.95. The summed E-state index contributed by atoms with van der Waals surface area (Å²) in [6, 6.07) is 16.1. The molecule has 3 aromatic carbocycles. The van der Waals surface area contributed by atoms with Gasteiger partial charge in [-0.3, -0.25) is 14.5 Å². The van der Waals surface area contributed by atoms with Gasteiger partial charge in [-0.1, -0.05) is 42.9 Å². The number of nitrogens with zero attached hydrogens (tertiary/aromatic N) is 2. The highest BCUT2D eigenvalue weighted by molar-refractivity contribution is 7.22. The van der Waals surface area contributed by atoms with E-state index >= 15 is 0 Å². The van der Waals surface area contributed by atoms with Crippen LogP contribution in [0, 0.1) is 5.92 Å². The van der Waals surface area contributed by atoms with Crippen molar-refractivity contribution < 1.29 is 28.9 Å². The van der Waals surface area contributed by atoms with Gasteiger partial charge in [0.1, 0.15) is 11.5 Å². The second-order valence-corrected chi connectivity index (χ2v) is 11.4. The van der Waals surface area contributed by atoms with E-state index in [0.717, 1.165) is 11.1 Å². The second-order valence-electron chi connectivity index (χ2n) is 9.95. The van der Waals surface area contributed by atoms with Gasteiger partial charge in [0.2, 0.25) is 0 Å². The van der Waals surface area contributed by atoms with Crippen LogP contribution in [0.25, 0.3) is 16.0 Å². The van der Waals surface area contributed by atoms with Crippen LogP contribution in [-0.4, -0.2) is 42.6 Å². The van der Waals surface area contributed by atoms with Gasteiger partial charge in [0, 0.05) is 10.6 Å². The van der Waals surface area contributed by atoms with Crippen LogP contribution in [0.15, 0.2) is 66.2 Å². The second kappa shape index (κ2) is 11.8. The first-order chi connectivity index (χ1) is 19.7. The summed E-state index contributed by atoms with van der Waals surface area (Å²) >= 11 is 7.42. The minimum Gasteiger partial charge on any atom is -0.507 e. The van der Waals surface area contributed by atoms with Crippen LogP contribution in [-0.2, 0) is 9.59 Å². The molecule has 1 N–H and O–H groups in total. The van der Waals surface area contributed by atoms with E-state index in [9.17, 15) is 14.7 Å². The Morgan fingerprint density at radius 2 is 1.78 bits per heavy atom. The van der Waals surface area contributed by atoms with Crippen molar-refractivity contribution in [1.82, 2.24) is 4.98 Å². The summed E-state index contributed by atoms with van der Waals surface area (Å²) in [5.74, 6) is 0.115. The molecule has 0 bridgehead atoms. The summed E-state index contributed by atoms with van der Waals surface area (Å²) in [7, 11) is 3.06. The highest BCUT2D eigenvalue weighted by atomic mass is 35.5. The number of Topliss-reactive ketones (excluding diaryl/α,β-unsaturated/α-hetero) is 1. The van der Waals surface area contributed by atoms with Gasteiger partial charge in [-0.25, -0.2) is 4.98 Å². The molecule has 10 heteroatoms. The molecule has 1 unspecified atom stereocenters. The highest BCUT2D eigenvalue weighted by Crippen LogP contribution is 2.46. The van der Waals surface area contributed by atoms with Crippen LogP contribution < -0.4 is 19.1 Å². The van der Waals surface area contributed by atoms with Gasteiger partial charge in [0.05, 0.1) is 42.7 Å². The lowest BCUT2D eigenvalue weighted by Crippen LogP contribution is -2.29. The number of methoxy groups -OCH3 is 2. The molecule has 1 amide bonds. The Morgan fingerprint density at radius 1 is 1.02 bits per heavy atom. The topological polar surface area (TPSA) is 98.2 Å². The molecule has 1 saturated heterocycles. The van der Waals surface area contributed by atoms with Crippen molar-refractivity contribution in [3.63, 3.8) is 0 Å². The number of hydrogen-bond donors (Lipinski definition) is 1. The van der Waals surface area contributed by atoms with E-state index in [1.165, 1.54) is 30.5 Å². The number of thiazole rings is 1. The van der Waals surface area contributed by atoms with Gasteiger partial charge in [-0.05, 0) is 72.5 Å². The van der Waals surface area contributed by atoms with Crippen molar-refractivity contribution >= 4 is 55.7 Å². The number of hydrogen-bond acceptors (Lipinski definition) is 8. The Bertz CT molecular complexity index is 1650. The predicted octanol–water partition coefficient (Wildman–Crippen LogP) is 7.02. The summed E-state index contributed by atoms with van der Waals surface area (Å²) in [5, 5.41) is 12.3. The average Bonchev–Trinajstić information content (AvgIpc) is 3.50. The number of fused-ring (bicyclic) bond motifs is 1. The Labute approximate surface area is 246 Å². The van der Waals surface area contributed by atoms with E-state index in [1.807, 2.05) is 0 Å². The number of aliphatic hydroxyl groups is 1. The quantitative estimate of drug-likeness (QED) is 0.127. The van der Waals surface area contributed by atoms with Gasteiger partial charge in [-0.2, -0.15) is 0 Å². The van der Waals surface area contributed by atoms with Gasteiger partial charge in [0.15, 0.2) is 16.6 Å². The molecule has 0 spiro atoms. The van der Waals surface area contributed by atoms with E-state index in [4.69, 9.17) is 25.8 Å². The van der Waals surface area contributed by atoms with Crippen molar-refractivity contribution in [2.45, 2.75) is 26.3 Å². The molecule has 4 aromatic rings. The standard InChI is InChI=1S/C31H29ClN2O6S/c1-17(2)13-14-40-23-12-7-19(15-24(23)39-4)27-26(28(35)18-5-9-21(38-3)10-6-18)29(36)30(37)34(27)31-33-22-11-8-20(32)16-25(22)41-31/h5-12,15-17,27,35H,13-14H2,1-4H3. The fourth-order valence-electron chi connectivity index (χ4n) is 4.62. The third-order valence-electron chi connectivity index (χ3n) is 6.81. The number of anilines is 1. The molecular weight excluding hydrogens is 564 g/mol. The SMILES string of the molecule is COc1ccc(C(O)=C2C(=O)C(=O)N(c3nc4ccc(Cl)cc4s3)C2c2ccc(OCCC(C)C)c(OC)c2)cc1. The minimum absolute atomic E-state index is 0.0621. The van der Waals surface area contributed by atoms with Crippen LogP contribution in [0.5, 0.6) is 17.2 Å². The zero-order chi connectivity index (χ0) is 29.3. The van der Waals surface area contributed by atoms with Gasteiger partial charge < -0.3 is 19.3 Å². The Morgan fingerprint density at radius 3 is 2.46 bits per heavy atom. The Kier molecular flexibility index (Phi) is 8.19. The van der Waals surface area contributed by atoms with Gasteiger partial charge >= 0.3 is 5.91 Å². The number of ether oxygens (including phenoxy) is 3. The van der Waals surface area contributed by atoms with Crippen LogP contribution >= 0.6 is 22.9 Å². The molecule has 2 heterocycles. The Balaban J connectivity index is 1.66. The first-order valence-corrected chi connectivity index (χ1v) is 14.2. The predicted molar refractivity (Wildman–Crippen MR) is 160 cm³/mol. The number of aliphatic hydroxyl groups excluding tert-OH is 1. The molecule has 212 valence electrons. The van der Waals surface area contributed by atoms with Crippen molar-refractivity contribution in [1.29, 1.82) is 0 Å². The van der Waals surface area contributed by atoms with Crippen LogP contribution in [0.2, 0.25) is 5.02 Å². The molecule has 1 atom stereocenters. The van der Waals surface area contributed by atoms with Crippen LogP contribution in [0.3, 0.4) is 0 Å². The molecule has 5 rings (SSSR count). The number of amides is 1. The first-order valence-electron chi connectivity index (χ1n) is 13.0. The number of benzene rings is 3. The third-order valence-corrected chi connectivity index (χ3v) is 8.06. The number of aromatic nitrogens is 1. The molecule has 1 aromatic heterocycles. The normalized spacial score (nSPS) is 16.5. The zero-order valence-corrected chi connectivity index (χ0v) is 24.6. The average molecular weight is 593 g/mol. The number of carbonyl (C=O) groups excluding carboxylic acids is 2. The van der Waals surface area contributed by atoms with Crippen LogP contribution in [0.4, 0.5) is 5.13 Å². The summed E-state index contributed by atoms with van der Waals surface area (Å²) in [6.45, 7) is 4.74. The summed E-state index contributed by atoms with van der Waals surface area (Å²) in [4.78, 5) is 33.1. The van der Waals surface area contributed by atoms with E-state index in [1.54, 1.807) is 60.7 Å². The molecule has 1 aliphatic rings. The van der Waals surface area contributed by atoms with Gasteiger partial charge in [0.25, 0.3) is 5.78 Å². The Hall–Kier alpha value is -4.08. The minimum atomic E-state index is -0.980. The zero-order valence-electron chi connectivity index (χ0n) is 23.0. The molecule has 0 radical (unpaired) electrons. The van der Waals surface area contributed by atoms with E-state index in [0.29, 0.717) is 56.6 Å². The number of carbonyl (C=O) groups is 2. The van der Waals surface area contributed by atoms with Crippen molar-refractivity contribution in [2.24, 2.45) is 5.92 Å². The van der Waals surface area contributed by atoms with E-state index < -0.39 is 17.7 Å².